The minimum atomic E-state index is -0.705. The van der Waals surface area contributed by atoms with Crippen LogP contribution in [0.1, 0.15) is 0 Å². The summed E-state index contributed by atoms with van der Waals surface area (Å²) in [5.41, 5.74) is 0. The third kappa shape index (κ3) is 1.21. The van der Waals surface area contributed by atoms with Crippen LogP contribution in [0.5, 0.6) is 0 Å². The SMILES string of the molecule is O=S1CNC(=S)C1. The molecule has 1 saturated heterocycles. The summed E-state index contributed by atoms with van der Waals surface area (Å²) >= 11 is 4.69. The van der Waals surface area contributed by atoms with Gasteiger partial charge in [-0.25, -0.2) is 0 Å². The van der Waals surface area contributed by atoms with Crippen molar-refractivity contribution in [3.63, 3.8) is 0 Å². The van der Waals surface area contributed by atoms with Gasteiger partial charge in [0.05, 0.1) is 16.6 Å². The fourth-order valence-corrected chi connectivity index (χ4v) is 1.80. The Balaban J connectivity index is 2.55. The Morgan fingerprint density at radius 1 is 1.86 bits per heavy atom. The average molecular weight is 135 g/mol. The largest absolute Gasteiger partial charge is 0.367 e. The predicted octanol–water partition coefficient (Wildman–Crippen LogP) is -0.377. The summed E-state index contributed by atoms with van der Waals surface area (Å²) in [5.74, 6) is 1.12. The molecule has 2 nitrogen and oxygen atoms in total. The molecule has 0 amide bonds. The molecule has 1 heterocycles. The van der Waals surface area contributed by atoms with E-state index in [1.165, 1.54) is 0 Å². The van der Waals surface area contributed by atoms with E-state index in [0.29, 0.717) is 11.6 Å². The molecule has 1 unspecified atom stereocenters. The number of thiocarbonyl (C=S) groups is 1. The van der Waals surface area contributed by atoms with Gasteiger partial charge in [0, 0.05) is 10.8 Å². The second-order valence-corrected chi connectivity index (χ2v) is 3.28. The summed E-state index contributed by atoms with van der Waals surface area (Å²) in [4.78, 5) is 0.735. The maximum atomic E-state index is 10.4. The standard InChI is InChI=1S/C3H5NOS2/c5-7-1-3(6)4-2-7/h1-2H2,(H,4,6). The smallest absolute Gasteiger partial charge is 0.0919 e. The normalized spacial score (nSPS) is 30.3. The zero-order chi connectivity index (χ0) is 5.28. The van der Waals surface area contributed by atoms with E-state index in [4.69, 9.17) is 12.2 Å². The van der Waals surface area contributed by atoms with Gasteiger partial charge in [-0.3, -0.25) is 4.21 Å². The summed E-state index contributed by atoms with van der Waals surface area (Å²) in [6, 6.07) is 0. The molecule has 7 heavy (non-hydrogen) atoms. The van der Waals surface area contributed by atoms with Crippen LogP contribution in [0.25, 0.3) is 0 Å². The van der Waals surface area contributed by atoms with E-state index in [-0.39, 0.29) is 0 Å². The highest BCUT2D eigenvalue weighted by Gasteiger charge is 2.10. The van der Waals surface area contributed by atoms with E-state index in [9.17, 15) is 4.21 Å². The zero-order valence-electron chi connectivity index (χ0n) is 3.64. The van der Waals surface area contributed by atoms with E-state index in [0.717, 1.165) is 4.99 Å². The van der Waals surface area contributed by atoms with Crippen LogP contribution in [0.4, 0.5) is 0 Å². The lowest BCUT2D eigenvalue weighted by atomic mass is 10.8. The van der Waals surface area contributed by atoms with Gasteiger partial charge in [-0.05, 0) is 0 Å². The van der Waals surface area contributed by atoms with Crippen LogP contribution in [-0.2, 0) is 10.8 Å². The molecule has 0 aromatic carbocycles. The van der Waals surface area contributed by atoms with E-state index in [1.807, 2.05) is 0 Å². The van der Waals surface area contributed by atoms with Crippen LogP contribution in [0, 0.1) is 0 Å². The van der Waals surface area contributed by atoms with Gasteiger partial charge in [0.25, 0.3) is 0 Å². The summed E-state index contributed by atoms with van der Waals surface area (Å²) in [7, 11) is -0.705. The van der Waals surface area contributed by atoms with Crippen molar-refractivity contribution in [1.82, 2.24) is 5.32 Å². The van der Waals surface area contributed by atoms with Crippen LogP contribution >= 0.6 is 12.2 Å². The topological polar surface area (TPSA) is 29.1 Å². The van der Waals surface area contributed by atoms with Crippen molar-refractivity contribution in [2.24, 2.45) is 0 Å². The summed E-state index contributed by atoms with van der Waals surface area (Å²) < 4.78 is 10.4. The third-order valence-electron chi connectivity index (χ3n) is 0.722. The average Bonchev–Trinajstić information content (AvgIpc) is 1.87. The van der Waals surface area contributed by atoms with Crippen molar-refractivity contribution in [2.75, 3.05) is 11.6 Å². The van der Waals surface area contributed by atoms with Crippen LogP contribution in [-0.4, -0.2) is 20.8 Å². The molecule has 1 rings (SSSR count). The van der Waals surface area contributed by atoms with Gasteiger partial charge < -0.3 is 5.32 Å². The van der Waals surface area contributed by atoms with Crippen molar-refractivity contribution in [1.29, 1.82) is 0 Å². The first kappa shape index (κ1) is 5.18. The zero-order valence-corrected chi connectivity index (χ0v) is 5.27. The molecule has 0 bridgehead atoms. The Kier molecular flexibility index (Phi) is 1.39. The Hall–Kier alpha value is 0.0400. The highest BCUT2D eigenvalue weighted by atomic mass is 32.2. The molecule has 1 atom stereocenters. The molecule has 0 aliphatic carbocycles. The quantitative estimate of drug-likeness (QED) is 0.459. The molecule has 0 spiro atoms. The fourth-order valence-electron chi connectivity index (χ4n) is 0.409. The fraction of sp³-hybridized carbons (Fsp3) is 0.667. The molecule has 0 aromatic rings. The molecule has 1 fully saturated rings. The molecule has 0 radical (unpaired) electrons. The number of hydrogen-bond acceptors (Lipinski definition) is 2. The van der Waals surface area contributed by atoms with Gasteiger partial charge in [0.15, 0.2) is 0 Å². The predicted molar refractivity (Wildman–Crippen MR) is 33.6 cm³/mol. The van der Waals surface area contributed by atoms with E-state index in [2.05, 4.69) is 5.32 Å². The van der Waals surface area contributed by atoms with E-state index < -0.39 is 10.8 Å². The molecule has 4 heteroatoms. The molecule has 1 N–H and O–H groups in total. The minimum Gasteiger partial charge on any atom is -0.367 e. The highest BCUT2D eigenvalue weighted by molar-refractivity contribution is 7.89. The monoisotopic (exact) mass is 135 g/mol. The number of hydrogen-bond donors (Lipinski definition) is 1. The van der Waals surface area contributed by atoms with Gasteiger partial charge in [-0.15, -0.1) is 0 Å². The molecular formula is C3H5NOS2. The molecule has 0 saturated carbocycles. The maximum absolute atomic E-state index is 10.4. The first-order chi connectivity index (χ1) is 3.29. The van der Waals surface area contributed by atoms with Crippen LogP contribution in [0.2, 0.25) is 0 Å². The third-order valence-corrected chi connectivity index (χ3v) is 2.27. The van der Waals surface area contributed by atoms with Gasteiger partial charge >= 0.3 is 0 Å². The molecule has 40 valence electrons. The maximum Gasteiger partial charge on any atom is 0.0919 e. The van der Waals surface area contributed by atoms with Crippen molar-refractivity contribution in [3.8, 4) is 0 Å². The lowest BCUT2D eigenvalue weighted by Crippen LogP contribution is -2.12. The lowest BCUT2D eigenvalue weighted by molar-refractivity contribution is 0.686. The van der Waals surface area contributed by atoms with Crippen molar-refractivity contribution < 1.29 is 4.21 Å². The lowest BCUT2D eigenvalue weighted by Gasteiger charge is -1.81. The first-order valence-corrected chi connectivity index (χ1v) is 3.80. The Morgan fingerprint density at radius 2 is 2.57 bits per heavy atom. The molecular weight excluding hydrogens is 130 g/mol. The Morgan fingerprint density at radius 3 is 2.71 bits per heavy atom. The summed E-state index contributed by atoms with van der Waals surface area (Å²) in [6.07, 6.45) is 0. The van der Waals surface area contributed by atoms with Crippen molar-refractivity contribution >= 4 is 28.0 Å². The summed E-state index contributed by atoms with van der Waals surface area (Å²) in [6.45, 7) is 0. The van der Waals surface area contributed by atoms with Gasteiger partial charge in [-0.1, -0.05) is 12.2 Å². The number of rotatable bonds is 0. The molecule has 1 aliphatic heterocycles. The van der Waals surface area contributed by atoms with E-state index in [1.54, 1.807) is 0 Å². The Labute approximate surface area is 49.7 Å². The summed E-state index contributed by atoms with van der Waals surface area (Å²) in [5, 5.41) is 2.80. The van der Waals surface area contributed by atoms with Crippen LogP contribution in [0.3, 0.4) is 0 Å². The van der Waals surface area contributed by atoms with Crippen LogP contribution < -0.4 is 5.32 Å². The van der Waals surface area contributed by atoms with Crippen molar-refractivity contribution in [3.05, 3.63) is 0 Å². The highest BCUT2D eigenvalue weighted by Crippen LogP contribution is 1.89. The minimum absolute atomic E-state index is 0.554. The second-order valence-electron chi connectivity index (χ2n) is 1.33. The van der Waals surface area contributed by atoms with Gasteiger partial charge in [0.1, 0.15) is 0 Å². The molecule has 0 aromatic heterocycles. The first-order valence-electron chi connectivity index (χ1n) is 1.91. The second kappa shape index (κ2) is 1.88. The Bertz CT molecular complexity index is 108. The van der Waals surface area contributed by atoms with Gasteiger partial charge in [-0.2, -0.15) is 0 Å². The number of nitrogens with one attached hydrogen (secondary N) is 1. The van der Waals surface area contributed by atoms with Crippen LogP contribution in [0.15, 0.2) is 0 Å². The van der Waals surface area contributed by atoms with Crippen molar-refractivity contribution in [2.45, 2.75) is 0 Å². The van der Waals surface area contributed by atoms with E-state index >= 15 is 0 Å². The molecule has 1 aliphatic rings. The van der Waals surface area contributed by atoms with Gasteiger partial charge in [0.2, 0.25) is 0 Å².